The smallest absolute Gasteiger partial charge is 0.0218 e. The monoisotopic (exact) mass is 225 g/mol. The molecule has 3 nitrogen and oxygen atoms in total. The van der Waals surface area contributed by atoms with Gasteiger partial charge in [-0.05, 0) is 58.5 Å². The first-order valence-electron chi connectivity index (χ1n) is 7.00. The molecule has 0 aromatic rings. The molecule has 0 aromatic carbocycles. The Morgan fingerprint density at radius 1 is 1.12 bits per heavy atom. The van der Waals surface area contributed by atoms with Crippen LogP contribution in [0.15, 0.2) is 0 Å². The van der Waals surface area contributed by atoms with E-state index in [0.717, 1.165) is 12.5 Å². The van der Waals surface area contributed by atoms with Crippen molar-refractivity contribution in [3.8, 4) is 0 Å². The lowest BCUT2D eigenvalue weighted by molar-refractivity contribution is 0.0390. The van der Waals surface area contributed by atoms with Gasteiger partial charge in [-0.3, -0.25) is 5.43 Å². The van der Waals surface area contributed by atoms with Gasteiger partial charge < -0.3 is 5.32 Å². The molecule has 0 aromatic heterocycles. The molecule has 3 heteroatoms. The average Bonchev–Trinajstić information content (AvgIpc) is 2.30. The second-order valence-electron chi connectivity index (χ2n) is 5.61. The van der Waals surface area contributed by atoms with Gasteiger partial charge >= 0.3 is 0 Å². The molecule has 2 aliphatic heterocycles. The van der Waals surface area contributed by atoms with E-state index in [4.69, 9.17) is 0 Å². The molecular formula is C13H27N3. The molecule has 2 rings (SSSR count). The summed E-state index contributed by atoms with van der Waals surface area (Å²) in [7, 11) is 0. The molecule has 94 valence electrons. The first-order valence-corrected chi connectivity index (χ1v) is 7.00. The summed E-state index contributed by atoms with van der Waals surface area (Å²) < 4.78 is 0. The van der Waals surface area contributed by atoms with Crippen molar-refractivity contribution in [3.05, 3.63) is 0 Å². The Morgan fingerprint density at radius 3 is 2.50 bits per heavy atom. The molecule has 0 bridgehead atoms. The predicted octanol–water partition coefficient (Wildman–Crippen LogP) is 1.75. The van der Waals surface area contributed by atoms with Crippen molar-refractivity contribution in [1.82, 2.24) is 15.8 Å². The van der Waals surface area contributed by atoms with Gasteiger partial charge in [0.05, 0.1) is 0 Å². The van der Waals surface area contributed by atoms with Crippen LogP contribution in [0.25, 0.3) is 0 Å². The number of piperidine rings is 2. The zero-order chi connectivity index (χ0) is 11.4. The number of hydrogen-bond donors (Lipinski definition) is 2. The lowest BCUT2D eigenvalue weighted by Crippen LogP contribution is -2.54. The van der Waals surface area contributed by atoms with E-state index in [9.17, 15) is 0 Å². The van der Waals surface area contributed by atoms with Crippen molar-refractivity contribution in [2.75, 3.05) is 19.6 Å². The van der Waals surface area contributed by atoms with E-state index in [2.05, 4.69) is 29.6 Å². The Kier molecular flexibility index (Phi) is 4.62. The molecule has 2 aliphatic rings. The lowest BCUT2D eigenvalue weighted by atomic mass is 9.98. The van der Waals surface area contributed by atoms with Crippen LogP contribution in [0.3, 0.4) is 0 Å². The van der Waals surface area contributed by atoms with Crippen LogP contribution in [0.4, 0.5) is 0 Å². The van der Waals surface area contributed by atoms with Crippen molar-refractivity contribution in [3.63, 3.8) is 0 Å². The van der Waals surface area contributed by atoms with Gasteiger partial charge in [0, 0.05) is 18.6 Å². The molecule has 2 saturated heterocycles. The second-order valence-corrected chi connectivity index (χ2v) is 5.61. The largest absolute Gasteiger partial charge is 0.316 e. The van der Waals surface area contributed by atoms with Crippen LogP contribution in [-0.4, -0.2) is 36.7 Å². The fourth-order valence-electron chi connectivity index (χ4n) is 3.07. The van der Waals surface area contributed by atoms with Gasteiger partial charge in [-0.1, -0.05) is 6.42 Å². The molecule has 2 fully saturated rings. The van der Waals surface area contributed by atoms with Gasteiger partial charge in [0.1, 0.15) is 0 Å². The quantitative estimate of drug-likeness (QED) is 0.766. The maximum absolute atomic E-state index is 3.68. The maximum atomic E-state index is 3.68. The minimum Gasteiger partial charge on any atom is -0.316 e. The van der Waals surface area contributed by atoms with Gasteiger partial charge in [-0.15, -0.1) is 0 Å². The van der Waals surface area contributed by atoms with Crippen molar-refractivity contribution in [1.29, 1.82) is 0 Å². The molecule has 3 atom stereocenters. The Morgan fingerprint density at radius 2 is 1.88 bits per heavy atom. The predicted molar refractivity (Wildman–Crippen MR) is 68.2 cm³/mol. The number of hydrazine groups is 1. The normalized spacial score (nSPS) is 37.5. The van der Waals surface area contributed by atoms with Gasteiger partial charge in [-0.2, -0.15) is 0 Å². The Balaban J connectivity index is 1.74. The SMILES string of the molecule is CC1CCCC(C)N1NCC1CCCNC1. The highest BCUT2D eigenvalue weighted by molar-refractivity contribution is 4.78. The number of hydrogen-bond acceptors (Lipinski definition) is 3. The van der Waals surface area contributed by atoms with Crippen LogP contribution in [-0.2, 0) is 0 Å². The fraction of sp³-hybridized carbons (Fsp3) is 1.00. The summed E-state index contributed by atoms with van der Waals surface area (Å²) in [4.78, 5) is 0. The van der Waals surface area contributed by atoms with Crippen LogP contribution < -0.4 is 10.7 Å². The minimum absolute atomic E-state index is 0.709. The highest BCUT2D eigenvalue weighted by atomic mass is 15.5. The highest BCUT2D eigenvalue weighted by Crippen LogP contribution is 2.20. The zero-order valence-corrected chi connectivity index (χ0v) is 10.8. The molecule has 2 heterocycles. The molecular weight excluding hydrogens is 198 g/mol. The molecule has 16 heavy (non-hydrogen) atoms. The molecule has 2 N–H and O–H groups in total. The van der Waals surface area contributed by atoms with Crippen molar-refractivity contribution >= 4 is 0 Å². The van der Waals surface area contributed by atoms with E-state index in [-0.39, 0.29) is 0 Å². The summed E-state index contributed by atoms with van der Waals surface area (Å²) in [5, 5.41) is 5.98. The third-order valence-corrected chi connectivity index (χ3v) is 4.16. The van der Waals surface area contributed by atoms with Crippen LogP contribution in [0.2, 0.25) is 0 Å². The van der Waals surface area contributed by atoms with E-state index in [1.165, 1.54) is 45.2 Å². The topological polar surface area (TPSA) is 27.3 Å². The fourth-order valence-corrected chi connectivity index (χ4v) is 3.07. The first-order chi connectivity index (χ1) is 7.77. The summed E-state index contributed by atoms with van der Waals surface area (Å²) in [6.07, 6.45) is 6.82. The third-order valence-electron chi connectivity index (χ3n) is 4.16. The van der Waals surface area contributed by atoms with Gasteiger partial charge in [-0.25, -0.2) is 5.01 Å². The standard InChI is InChI=1S/C13H27N3/c1-11-5-3-6-12(2)16(11)15-10-13-7-4-8-14-9-13/h11-15H,3-10H2,1-2H3. The Hall–Kier alpha value is -0.120. The Labute approximate surface area is 99.9 Å². The zero-order valence-electron chi connectivity index (χ0n) is 10.8. The molecule has 0 radical (unpaired) electrons. The first kappa shape index (κ1) is 12.3. The van der Waals surface area contributed by atoms with E-state index in [1.54, 1.807) is 0 Å². The highest BCUT2D eigenvalue weighted by Gasteiger charge is 2.25. The van der Waals surface area contributed by atoms with Crippen molar-refractivity contribution in [2.45, 2.75) is 58.0 Å². The van der Waals surface area contributed by atoms with Crippen LogP contribution >= 0.6 is 0 Å². The molecule has 0 aliphatic carbocycles. The number of nitrogens with zero attached hydrogens (tertiary/aromatic N) is 1. The third kappa shape index (κ3) is 3.19. The van der Waals surface area contributed by atoms with E-state index in [0.29, 0.717) is 12.1 Å². The van der Waals surface area contributed by atoms with Crippen LogP contribution in [0.1, 0.15) is 46.0 Å². The molecule has 0 amide bonds. The maximum Gasteiger partial charge on any atom is 0.0218 e. The second kappa shape index (κ2) is 5.99. The van der Waals surface area contributed by atoms with Crippen LogP contribution in [0.5, 0.6) is 0 Å². The van der Waals surface area contributed by atoms with Gasteiger partial charge in [0.2, 0.25) is 0 Å². The molecule has 0 saturated carbocycles. The van der Waals surface area contributed by atoms with E-state index >= 15 is 0 Å². The Bertz CT molecular complexity index is 191. The number of nitrogens with one attached hydrogen (secondary N) is 2. The summed E-state index contributed by atoms with van der Waals surface area (Å²) in [5.41, 5.74) is 3.68. The number of rotatable bonds is 3. The van der Waals surface area contributed by atoms with E-state index in [1.807, 2.05) is 0 Å². The van der Waals surface area contributed by atoms with Crippen LogP contribution in [0, 0.1) is 5.92 Å². The summed E-state index contributed by atoms with van der Waals surface area (Å²) in [6.45, 7) is 8.27. The molecule has 3 unspecified atom stereocenters. The van der Waals surface area contributed by atoms with Crippen molar-refractivity contribution < 1.29 is 0 Å². The van der Waals surface area contributed by atoms with Gasteiger partial charge in [0.25, 0.3) is 0 Å². The summed E-state index contributed by atoms with van der Waals surface area (Å²) in [6, 6.07) is 1.42. The summed E-state index contributed by atoms with van der Waals surface area (Å²) in [5.74, 6) is 0.829. The van der Waals surface area contributed by atoms with Gasteiger partial charge in [0.15, 0.2) is 0 Å². The van der Waals surface area contributed by atoms with Crippen molar-refractivity contribution in [2.24, 2.45) is 5.92 Å². The molecule has 0 spiro atoms. The lowest BCUT2D eigenvalue weighted by Gasteiger charge is -2.40. The average molecular weight is 225 g/mol. The minimum atomic E-state index is 0.709. The summed E-state index contributed by atoms with van der Waals surface area (Å²) >= 11 is 0. The van der Waals surface area contributed by atoms with E-state index < -0.39 is 0 Å².